The molecule has 0 heterocycles. The van der Waals surface area contributed by atoms with Gasteiger partial charge in [0.05, 0.1) is 17.8 Å². The van der Waals surface area contributed by atoms with E-state index in [1.165, 1.54) is 37.4 Å². The standard InChI is InChI=1S/C21H27N3O7S2/c1-3-4-5-13-32(27,28)15-20(25)22-23-21(26)16-7-6-8-19(14-16)33(29,30)24-17-9-11-18(31-2)12-10-17/h6-12,14,24H,3-5,13,15H2,1-2H3,(H,22,25)(H,23,26). The number of amides is 2. The van der Waals surface area contributed by atoms with E-state index in [4.69, 9.17) is 4.74 Å². The van der Waals surface area contributed by atoms with Crippen LogP contribution in [0, 0.1) is 0 Å². The molecule has 0 saturated heterocycles. The monoisotopic (exact) mass is 497 g/mol. The molecule has 0 spiro atoms. The third-order valence-corrected chi connectivity index (χ3v) is 7.47. The molecule has 0 saturated carbocycles. The molecule has 0 atom stereocenters. The zero-order chi connectivity index (χ0) is 24.5. The number of rotatable bonds is 11. The maximum Gasteiger partial charge on any atom is 0.269 e. The van der Waals surface area contributed by atoms with Gasteiger partial charge in [-0.3, -0.25) is 25.2 Å². The van der Waals surface area contributed by atoms with Crippen molar-refractivity contribution in [2.75, 3.05) is 23.3 Å². The lowest BCUT2D eigenvalue weighted by molar-refractivity contribution is -0.119. The maximum absolute atomic E-state index is 12.7. The molecule has 33 heavy (non-hydrogen) atoms. The van der Waals surface area contributed by atoms with Gasteiger partial charge in [0.25, 0.3) is 21.8 Å². The Kier molecular flexibility index (Phi) is 9.23. The molecule has 2 amide bonds. The number of carbonyl (C=O) groups excluding carboxylic acids is 2. The van der Waals surface area contributed by atoms with Gasteiger partial charge in [-0.1, -0.05) is 25.8 Å². The van der Waals surface area contributed by atoms with Crippen molar-refractivity contribution in [3.63, 3.8) is 0 Å². The number of ether oxygens (including phenoxy) is 1. The predicted octanol–water partition coefficient (Wildman–Crippen LogP) is 1.86. The van der Waals surface area contributed by atoms with Crippen LogP contribution in [0.1, 0.15) is 36.5 Å². The fourth-order valence-corrected chi connectivity index (χ4v) is 5.12. The van der Waals surface area contributed by atoms with Gasteiger partial charge in [-0.05, 0) is 48.9 Å². The van der Waals surface area contributed by atoms with Crippen molar-refractivity contribution < 1.29 is 31.2 Å². The Morgan fingerprint density at radius 1 is 0.939 bits per heavy atom. The fourth-order valence-electron chi connectivity index (χ4n) is 2.76. The number of nitrogens with one attached hydrogen (secondary N) is 3. The summed E-state index contributed by atoms with van der Waals surface area (Å²) >= 11 is 0. The minimum absolute atomic E-state index is 0.0429. The Bertz CT molecular complexity index is 1180. The van der Waals surface area contributed by atoms with Crippen LogP contribution in [0.15, 0.2) is 53.4 Å². The predicted molar refractivity (Wildman–Crippen MR) is 124 cm³/mol. The molecule has 0 aliphatic carbocycles. The number of hydrogen-bond donors (Lipinski definition) is 3. The van der Waals surface area contributed by atoms with Gasteiger partial charge in [-0.15, -0.1) is 0 Å². The summed E-state index contributed by atoms with van der Waals surface area (Å²) in [5, 5.41) is 0. The summed E-state index contributed by atoms with van der Waals surface area (Å²) in [4.78, 5) is 24.0. The molecule has 2 aromatic rings. The molecule has 2 rings (SSSR count). The van der Waals surface area contributed by atoms with Crippen LogP contribution >= 0.6 is 0 Å². The van der Waals surface area contributed by atoms with Crippen LogP contribution in [0.2, 0.25) is 0 Å². The molecule has 0 unspecified atom stereocenters. The smallest absolute Gasteiger partial charge is 0.269 e. The molecule has 0 aliphatic heterocycles. The number of hydrazine groups is 1. The molecule has 2 aromatic carbocycles. The lowest BCUT2D eigenvalue weighted by Gasteiger charge is -2.11. The van der Waals surface area contributed by atoms with Crippen LogP contribution in [-0.4, -0.2) is 47.3 Å². The summed E-state index contributed by atoms with van der Waals surface area (Å²) in [5.74, 6) is -1.98. The van der Waals surface area contributed by atoms with Crippen LogP contribution in [0.5, 0.6) is 5.75 Å². The SMILES string of the molecule is CCCCCS(=O)(=O)CC(=O)NNC(=O)c1cccc(S(=O)(=O)Nc2ccc(OC)cc2)c1. The molecule has 3 N–H and O–H groups in total. The molecular formula is C21H27N3O7S2. The normalized spacial score (nSPS) is 11.5. The molecule has 0 fully saturated rings. The second kappa shape index (κ2) is 11.7. The highest BCUT2D eigenvalue weighted by molar-refractivity contribution is 7.92. The Morgan fingerprint density at radius 3 is 2.27 bits per heavy atom. The minimum Gasteiger partial charge on any atom is -0.497 e. The zero-order valence-electron chi connectivity index (χ0n) is 18.3. The van der Waals surface area contributed by atoms with Crippen molar-refractivity contribution in [1.29, 1.82) is 0 Å². The molecule has 0 bridgehead atoms. The number of hydrogen-bond acceptors (Lipinski definition) is 7. The van der Waals surface area contributed by atoms with Gasteiger partial charge in [-0.25, -0.2) is 16.8 Å². The van der Waals surface area contributed by atoms with Gasteiger partial charge in [0, 0.05) is 11.3 Å². The van der Waals surface area contributed by atoms with E-state index in [1.807, 2.05) is 12.3 Å². The van der Waals surface area contributed by atoms with E-state index < -0.39 is 37.4 Å². The molecule has 180 valence electrons. The van der Waals surface area contributed by atoms with Crippen LogP contribution in [0.25, 0.3) is 0 Å². The number of carbonyl (C=O) groups is 2. The van der Waals surface area contributed by atoms with E-state index in [0.717, 1.165) is 18.9 Å². The van der Waals surface area contributed by atoms with Crippen molar-refractivity contribution >= 4 is 37.4 Å². The highest BCUT2D eigenvalue weighted by Crippen LogP contribution is 2.20. The average Bonchev–Trinajstić information content (AvgIpc) is 2.77. The zero-order valence-corrected chi connectivity index (χ0v) is 20.0. The van der Waals surface area contributed by atoms with Gasteiger partial charge < -0.3 is 4.74 Å². The van der Waals surface area contributed by atoms with E-state index in [1.54, 1.807) is 12.1 Å². The van der Waals surface area contributed by atoms with Gasteiger partial charge >= 0.3 is 0 Å². The van der Waals surface area contributed by atoms with Crippen molar-refractivity contribution in [3.8, 4) is 5.75 Å². The summed E-state index contributed by atoms with van der Waals surface area (Å²) in [6, 6.07) is 11.4. The van der Waals surface area contributed by atoms with Crippen LogP contribution in [0.3, 0.4) is 0 Å². The van der Waals surface area contributed by atoms with Crippen molar-refractivity contribution in [3.05, 3.63) is 54.1 Å². The van der Waals surface area contributed by atoms with Crippen molar-refractivity contribution in [1.82, 2.24) is 10.9 Å². The second-order valence-electron chi connectivity index (χ2n) is 7.16. The molecule has 12 heteroatoms. The fraction of sp³-hybridized carbons (Fsp3) is 0.333. The summed E-state index contributed by atoms with van der Waals surface area (Å²) in [6.45, 7) is 1.93. The molecular weight excluding hydrogens is 470 g/mol. The second-order valence-corrected chi connectivity index (χ2v) is 11.0. The van der Waals surface area contributed by atoms with E-state index >= 15 is 0 Å². The van der Waals surface area contributed by atoms with Gasteiger partial charge in [-0.2, -0.15) is 0 Å². The lowest BCUT2D eigenvalue weighted by Crippen LogP contribution is -2.44. The first kappa shape index (κ1) is 26.1. The summed E-state index contributed by atoms with van der Waals surface area (Å²) in [5.41, 5.74) is 4.40. The number of sulfone groups is 1. The Balaban J connectivity index is 1.99. The van der Waals surface area contributed by atoms with Crippen molar-refractivity contribution in [2.45, 2.75) is 31.1 Å². The van der Waals surface area contributed by atoms with Gasteiger partial charge in [0.15, 0.2) is 9.84 Å². The first-order valence-corrected chi connectivity index (χ1v) is 13.4. The average molecular weight is 498 g/mol. The summed E-state index contributed by atoms with van der Waals surface area (Å²) in [6.07, 6.45) is 2.05. The molecule has 0 radical (unpaired) electrons. The highest BCUT2D eigenvalue weighted by atomic mass is 32.2. The Labute approximate surface area is 193 Å². The highest BCUT2D eigenvalue weighted by Gasteiger charge is 2.19. The van der Waals surface area contributed by atoms with Crippen molar-refractivity contribution in [2.24, 2.45) is 0 Å². The van der Waals surface area contributed by atoms with Gasteiger partial charge in [0.2, 0.25) is 0 Å². The minimum atomic E-state index is -3.99. The van der Waals surface area contributed by atoms with Crippen LogP contribution in [-0.2, 0) is 24.7 Å². The van der Waals surface area contributed by atoms with Crippen LogP contribution in [0.4, 0.5) is 5.69 Å². The largest absolute Gasteiger partial charge is 0.497 e. The lowest BCUT2D eigenvalue weighted by atomic mass is 10.2. The third-order valence-electron chi connectivity index (χ3n) is 4.47. The number of sulfonamides is 1. The topological polar surface area (TPSA) is 148 Å². The number of methoxy groups -OCH3 is 1. The number of anilines is 1. The first-order chi connectivity index (χ1) is 15.6. The van der Waals surface area contributed by atoms with Crippen LogP contribution < -0.4 is 20.3 Å². The molecule has 0 aromatic heterocycles. The Morgan fingerprint density at radius 2 is 1.64 bits per heavy atom. The maximum atomic E-state index is 12.7. The third kappa shape index (κ3) is 8.39. The summed E-state index contributed by atoms with van der Waals surface area (Å²) in [7, 11) is -6.09. The van der Waals surface area contributed by atoms with E-state index in [2.05, 4.69) is 10.1 Å². The molecule has 10 nitrogen and oxygen atoms in total. The number of benzene rings is 2. The van der Waals surface area contributed by atoms with E-state index in [0.29, 0.717) is 17.9 Å². The number of unbranched alkanes of at least 4 members (excludes halogenated alkanes) is 2. The first-order valence-electron chi connectivity index (χ1n) is 10.1. The van der Waals surface area contributed by atoms with E-state index in [9.17, 15) is 26.4 Å². The van der Waals surface area contributed by atoms with Gasteiger partial charge in [0.1, 0.15) is 11.5 Å². The van der Waals surface area contributed by atoms with E-state index in [-0.39, 0.29) is 16.2 Å². The Hall–Kier alpha value is -3.12. The quantitative estimate of drug-likeness (QED) is 0.317. The molecule has 0 aliphatic rings. The summed E-state index contributed by atoms with van der Waals surface area (Å²) < 4.78 is 56.6.